The summed E-state index contributed by atoms with van der Waals surface area (Å²) in [4.78, 5) is 22.7. The molecule has 0 fully saturated rings. The Labute approximate surface area is 111 Å². The Bertz CT molecular complexity index is 649. The topological polar surface area (TPSA) is 63.6 Å². The molecule has 0 unspecified atom stereocenters. The number of halogens is 1. The number of carbonyl (C=O) groups is 2. The molecular weight excluding hydrogens is 300 g/mol. The van der Waals surface area contributed by atoms with Gasteiger partial charge in [0, 0.05) is 4.47 Å². The largest absolute Gasteiger partial charge is 0.478 e. The molecule has 18 heavy (non-hydrogen) atoms. The van der Waals surface area contributed by atoms with Crippen molar-refractivity contribution in [3.8, 4) is 0 Å². The fourth-order valence-electron chi connectivity index (χ4n) is 1.72. The van der Waals surface area contributed by atoms with Crippen LogP contribution >= 0.6 is 15.9 Å². The minimum atomic E-state index is -1.15. The van der Waals surface area contributed by atoms with Crippen molar-refractivity contribution in [2.75, 3.05) is 7.11 Å². The van der Waals surface area contributed by atoms with Gasteiger partial charge in [-0.1, -0.05) is 22.0 Å². The minimum absolute atomic E-state index is 0.0515. The molecule has 0 spiro atoms. The number of rotatable bonds is 2. The predicted octanol–water partition coefficient (Wildman–Crippen LogP) is 3.09. The number of esters is 1. The number of benzene rings is 2. The Morgan fingerprint density at radius 3 is 2.39 bits per heavy atom. The molecule has 0 saturated heterocycles. The summed E-state index contributed by atoms with van der Waals surface area (Å²) in [5.41, 5.74) is -0.00716. The van der Waals surface area contributed by atoms with E-state index in [1.54, 1.807) is 6.07 Å². The second kappa shape index (κ2) is 4.78. The lowest BCUT2D eigenvalue weighted by atomic mass is 10.0. The summed E-state index contributed by atoms with van der Waals surface area (Å²) in [5, 5.41) is 10.6. The van der Waals surface area contributed by atoms with Gasteiger partial charge in [-0.2, -0.15) is 0 Å². The standard InChI is InChI=1S/C13H9BrO4/c1-18-13(17)11-6-8-4-9(14)3-2-7(8)5-10(11)12(15)16/h2-6H,1H3,(H,15,16). The molecule has 0 amide bonds. The summed E-state index contributed by atoms with van der Waals surface area (Å²) in [6.07, 6.45) is 0. The van der Waals surface area contributed by atoms with E-state index in [0.29, 0.717) is 0 Å². The molecule has 0 saturated carbocycles. The van der Waals surface area contributed by atoms with Crippen LogP contribution in [-0.2, 0) is 4.74 Å². The summed E-state index contributed by atoms with van der Waals surface area (Å²) in [5.74, 6) is -1.81. The molecule has 0 atom stereocenters. The van der Waals surface area contributed by atoms with E-state index < -0.39 is 11.9 Å². The van der Waals surface area contributed by atoms with Crippen LogP contribution in [0.1, 0.15) is 20.7 Å². The van der Waals surface area contributed by atoms with E-state index >= 15 is 0 Å². The van der Waals surface area contributed by atoms with Gasteiger partial charge >= 0.3 is 11.9 Å². The summed E-state index contributed by atoms with van der Waals surface area (Å²) >= 11 is 3.33. The average Bonchev–Trinajstić information content (AvgIpc) is 2.35. The molecule has 0 aliphatic rings. The van der Waals surface area contributed by atoms with E-state index in [1.165, 1.54) is 19.2 Å². The van der Waals surface area contributed by atoms with Crippen molar-refractivity contribution in [1.82, 2.24) is 0 Å². The van der Waals surface area contributed by atoms with Gasteiger partial charge in [-0.3, -0.25) is 0 Å². The van der Waals surface area contributed by atoms with Crippen LogP contribution < -0.4 is 0 Å². The second-order valence-electron chi connectivity index (χ2n) is 3.69. The third-order valence-electron chi connectivity index (χ3n) is 2.57. The summed E-state index contributed by atoms with van der Waals surface area (Å²) in [6, 6.07) is 8.40. The highest BCUT2D eigenvalue weighted by molar-refractivity contribution is 9.10. The molecule has 0 aliphatic carbocycles. The lowest BCUT2D eigenvalue weighted by Gasteiger charge is -2.07. The van der Waals surface area contributed by atoms with Crippen molar-refractivity contribution in [2.24, 2.45) is 0 Å². The molecule has 2 aromatic carbocycles. The van der Waals surface area contributed by atoms with Gasteiger partial charge in [0.1, 0.15) is 0 Å². The Morgan fingerprint density at radius 1 is 1.11 bits per heavy atom. The van der Waals surface area contributed by atoms with E-state index in [0.717, 1.165) is 15.2 Å². The zero-order valence-electron chi connectivity index (χ0n) is 9.44. The molecule has 0 aromatic heterocycles. The zero-order chi connectivity index (χ0) is 13.3. The SMILES string of the molecule is COC(=O)c1cc2cc(Br)ccc2cc1C(=O)O. The second-order valence-corrected chi connectivity index (χ2v) is 4.60. The maximum Gasteiger partial charge on any atom is 0.338 e. The third kappa shape index (κ3) is 2.22. The number of hydrogen-bond acceptors (Lipinski definition) is 3. The van der Waals surface area contributed by atoms with Gasteiger partial charge < -0.3 is 9.84 Å². The van der Waals surface area contributed by atoms with Gasteiger partial charge in [0.15, 0.2) is 0 Å². The number of methoxy groups -OCH3 is 1. The predicted molar refractivity (Wildman–Crippen MR) is 69.9 cm³/mol. The Morgan fingerprint density at radius 2 is 1.78 bits per heavy atom. The smallest absolute Gasteiger partial charge is 0.338 e. The van der Waals surface area contributed by atoms with Crippen LogP contribution in [0.25, 0.3) is 10.8 Å². The molecule has 1 N–H and O–H groups in total. The van der Waals surface area contributed by atoms with Crippen LogP contribution in [0.5, 0.6) is 0 Å². The molecule has 0 heterocycles. The molecule has 0 aliphatic heterocycles. The van der Waals surface area contributed by atoms with E-state index in [9.17, 15) is 9.59 Å². The lowest BCUT2D eigenvalue weighted by Crippen LogP contribution is -2.10. The van der Waals surface area contributed by atoms with Gasteiger partial charge in [0.2, 0.25) is 0 Å². The van der Waals surface area contributed by atoms with Crippen molar-refractivity contribution in [3.63, 3.8) is 0 Å². The van der Waals surface area contributed by atoms with Crippen molar-refractivity contribution in [2.45, 2.75) is 0 Å². The van der Waals surface area contributed by atoms with E-state index in [-0.39, 0.29) is 11.1 Å². The minimum Gasteiger partial charge on any atom is -0.478 e. The van der Waals surface area contributed by atoms with Crippen LogP contribution in [0.15, 0.2) is 34.8 Å². The molecule has 4 nitrogen and oxygen atoms in total. The van der Waals surface area contributed by atoms with E-state index in [1.807, 2.05) is 12.1 Å². The number of carbonyl (C=O) groups excluding carboxylic acids is 1. The van der Waals surface area contributed by atoms with Gasteiger partial charge in [0.05, 0.1) is 18.2 Å². The first-order chi connectivity index (χ1) is 8.52. The van der Waals surface area contributed by atoms with Crippen molar-refractivity contribution >= 4 is 38.6 Å². The van der Waals surface area contributed by atoms with E-state index in [4.69, 9.17) is 5.11 Å². The first kappa shape index (κ1) is 12.6. The fraction of sp³-hybridized carbons (Fsp3) is 0.0769. The normalized spacial score (nSPS) is 10.3. The van der Waals surface area contributed by atoms with Crippen LogP contribution in [-0.4, -0.2) is 24.2 Å². The monoisotopic (exact) mass is 308 g/mol. The quantitative estimate of drug-likeness (QED) is 0.866. The number of aromatic carboxylic acids is 1. The average molecular weight is 309 g/mol. The van der Waals surface area contributed by atoms with Crippen molar-refractivity contribution in [1.29, 1.82) is 0 Å². The van der Waals surface area contributed by atoms with Crippen molar-refractivity contribution < 1.29 is 19.4 Å². The number of carboxylic acid groups (broad SMARTS) is 1. The maximum atomic E-state index is 11.6. The molecule has 0 bridgehead atoms. The summed E-state index contributed by atoms with van der Waals surface area (Å²) < 4.78 is 5.45. The van der Waals surface area contributed by atoms with Gasteiger partial charge in [-0.15, -0.1) is 0 Å². The highest BCUT2D eigenvalue weighted by atomic mass is 79.9. The number of ether oxygens (including phenoxy) is 1. The number of carboxylic acids is 1. The van der Waals surface area contributed by atoms with E-state index in [2.05, 4.69) is 20.7 Å². The molecule has 5 heteroatoms. The maximum absolute atomic E-state index is 11.6. The summed E-state index contributed by atoms with van der Waals surface area (Å²) in [7, 11) is 1.22. The lowest BCUT2D eigenvalue weighted by molar-refractivity contribution is 0.0583. The molecule has 2 aromatic rings. The van der Waals surface area contributed by atoms with Crippen LogP contribution in [0.2, 0.25) is 0 Å². The third-order valence-corrected chi connectivity index (χ3v) is 3.07. The molecule has 0 radical (unpaired) electrons. The highest BCUT2D eigenvalue weighted by Gasteiger charge is 2.18. The Hall–Kier alpha value is -1.88. The van der Waals surface area contributed by atoms with Crippen LogP contribution in [0.4, 0.5) is 0 Å². The fourth-order valence-corrected chi connectivity index (χ4v) is 2.10. The van der Waals surface area contributed by atoms with Gasteiger partial charge in [-0.25, -0.2) is 9.59 Å². The van der Waals surface area contributed by atoms with Gasteiger partial charge in [-0.05, 0) is 35.0 Å². The highest BCUT2D eigenvalue weighted by Crippen LogP contribution is 2.24. The molecular formula is C13H9BrO4. The summed E-state index contributed by atoms with van der Waals surface area (Å²) in [6.45, 7) is 0. The number of hydrogen-bond donors (Lipinski definition) is 1. The molecule has 2 rings (SSSR count). The molecule has 92 valence electrons. The van der Waals surface area contributed by atoms with Crippen LogP contribution in [0, 0.1) is 0 Å². The van der Waals surface area contributed by atoms with Crippen molar-refractivity contribution in [3.05, 3.63) is 45.9 Å². The van der Waals surface area contributed by atoms with Crippen LogP contribution in [0.3, 0.4) is 0 Å². The first-order valence-corrected chi connectivity index (χ1v) is 5.87. The Kier molecular flexibility index (Phi) is 3.34. The zero-order valence-corrected chi connectivity index (χ0v) is 11.0. The Balaban J connectivity index is 2.76. The first-order valence-electron chi connectivity index (χ1n) is 5.08. The number of fused-ring (bicyclic) bond motifs is 1. The van der Waals surface area contributed by atoms with Gasteiger partial charge in [0.25, 0.3) is 0 Å².